The van der Waals surface area contributed by atoms with Gasteiger partial charge in [0.2, 0.25) is 5.91 Å². The number of aliphatic hydroxyl groups excluding tert-OH is 1. The molecule has 32 heavy (non-hydrogen) atoms. The molecule has 2 aliphatic rings. The lowest BCUT2D eigenvalue weighted by Gasteiger charge is -2.58. The maximum absolute atomic E-state index is 13.6. The zero-order chi connectivity index (χ0) is 22.8. The molecule has 3 atom stereocenters. The van der Waals surface area contributed by atoms with Crippen LogP contribution in [0.25, 0.3) is 0 Å². The summed E-state index contributed by atoms with van der Waals surface area (Å²) in [6.45, 7) is 0.794. The first-order valence-electron chi connectivity index (χ1n) is 10.6. The van der Waals surface area contributed by atoms with Crippen LogP contribution in [0.1, 0.15) is 27.4 Å². The van der Waals surface area contributed by atoms with E-state index in [1.807, 2.05) is 43.3 Å². The van der Waals surface area contributed by atoms with Gasteiger partial charge >= 0.3 is 0 Å². The third-order valence-electron chi connectivity index (χ3n) is 6.03. The Kier molecular flexibility index (Phi) is 6.26. The number of hydrogen-bond acceptors (Lipinski definition) is 4. The Morgan fingerprint density at radius 2 is 1.97 bits per heavy atom. The summed E-state index contributed by atoms with van der Waals surface area (Å²) in [4.78, 5) is 30.8. The molecule has 2 heterocycles. The Bertz CT molecular complexity index is 1070. The normalized spacial score (nSPS) is 22.2. The summed E-state index contributed by atoms with van der Waals surface area (Å²) in [5.41, 5.74) is 2.12. The number of aliphatic hydroxyl groups is 1. The molecule has 0 aliphatic carbocycles. The van der Waals surface area contributed by atoms with Gasteiger partial charge in [-0.1, -0.05) is 30.0 Å². The number of amides is 2. The average Bonchev–Trinajstić information content (AvgIpc) is 2.75. The lowest BCUT2D eigenvalue weighted by molar-refractivity contribution is -0.159. The number of fused-ring (bicyclic) bond motifs is 1. The molecule has 4 rings (SSSR count). The smallest absolute Gasteiger partial charge is 0.254 e. The number of benzene rings is 2. The van der Waals surface area contributed by atoms with E-state index < -0.39 is 5.82 Å². The molecule has 2 aliphatic heterocycles. The predicted octanol–water partition coefficient (Wildman–Crippen LogP) is 1.55. The van der Waals surface area contributed by atoms with Crippen molar-refractivity contribution in [2.24, 2.45) is 0 Å². The van der Waals surface area contributed by atoms with E-state index in [0.717, 1.165) is 11.1 Å². The quantitative estimate of drug-likeness (QED) is 0.741. The van der Waals surface area contributed by atoms with Gasteiger partial charge in [0.05, 0.1) is 25.2 Å². The van der Waals surface area contributed by atoms with Crippen LogP contribution < -0.4 is 0 Å². The van der Waals surface area contributed by atoms with Crippen LogP contribution in [0.4, 0.5) is 4.39 Å². The van der Waals surface area contributed by atoms with E-state index in [-0.39, 0.29) is 48.5 Å². The molecule has 6 nitrogen and oxygen atoms in total. The van der Waals surface area contributed by atoms with Gasteiger partial charge in [-0.2, -0.15) is 0 Å². The lowest BCUT2D eigenvalue weighted by atomic mass is 9.73. The number of nitrogens with zero attached hydrogens (tertiary/aromatic N) is 3. The van der Waals surface area contributed by atoms with Gasteiger partial charge in [0, 0.05) is 23.6 Å². The second-order valence-corrected chi connectivity index (χ2v) is 8.50. The third kappa shape index (κ3) is 4.24. The largest absolute Gasteiger partial charge is 0.394 e. The summed E-state index contributed by atoms with van der Waals surface area (Å²) < 4.78 is 13.6. The number of carbonyl (C=O) groups excluding carboxylic acids is 2. The Hall–Kier alpha value is -3.21. The first kappa shape index (κ1) is 22.0. The Balaban J connectivity index is 1.53. The minimum atomic E-state index is -0.489. The first-order valence-corrected chi connectivity index (χ1v) is 10.6. The first-order chi connectivity index (χ1) is 15.4. The van der Waals surface area contributed by atoms with E-state index in [9.17, 15) is 19.1 Å². The summed E-state index contributed by atoms with van der Waals surface area (Å²) in [5.74, 6) is 5.08. The monoisotopic (exact) mass is 435 g/mol. The van der Waals surface area contributed by atoms with Gasteiger partial charge < -0.3 is 14.9 Å². The topological polar surface area (TPSA) is 64.1 Å². The Morgan fingerprint density at radius 3 is 2.62 bits per heavy atom. The van der Waals surface area contributed by atoms with Crippen molar-refractivity contribution in [3.63, 3.8) is 0 Å². The Labute approximate surface area is 187 Å². The second-order valence-electron chi connectivity index (χ2n) is 8.50. The molecule has 7 heteroatoms. The molecule has 0 radical (unpaired) electrons. The average molecular weight is 435 g/mol. The predicted molar refractivity (Wildman–Crippen MR) is 118 cm³/mol. The zero-order valence-electron chi connectivity index (χ0n) is 18.2. The van der Waals surface area contributed by atoms with Gasteiger partial charge in [-0.25, -0.2) is 4.39 Å². The van der Waals surface area contributed by atoms with E-state index in [4.69, 9.17) is 0 Å². The van der Waals surface area contributed by atoms with E-state index in [0.29, 0.717) is 13.1 Å². The summed E-state index contributed by atoms with van der Waals surface area (Å²) in [6.07, 6.45) is 0. The van der Waals surface area contributed by atoms with Crippen molar-refractivity contribution >= 4 is 11.8 Å². The molecular formula is C25H26FN3O3. The molecule has 0 spiro atoms. The standard InChI is InChI=1S/C25H26FN3O3/c1-27(2)12-4-5-17-8-10-18(11-9-17)24-21-14-28(15-23(31)29(21)22(24)16-30)25(32)19-6-3-7-20(26)13-19/h3,6-11,13,21-22,24,30H,12,14-16H2,1-2H3/t21-,22+,24-/m1/s1. The highest BCUT2D eigenvalue weighted by Crippen LogP contribution is 2.43. The van der Waals surface area contributed by atoms with Crippen molar-refractivity contribution in [2.75, 3.05) is 40.3 Å². The van der Waals surface area contributed by atoms with E-state index in [1.54, 1.807) is 11.0 Å². The number of hydrogen-bond donors (Lipinski definition) is 1. The van der Waals surface area contributed by atoms with E-state index in [2.05, 4.69) is 11.8 Å². The van der Waals surface area contributed by atoms with E-state index >= 15 is 0 Å². The Morgan fingerprint density at radius 1 is 1.22 bits per heavy atom. The maximum atomic E-state index is 13.6. The fourth-order valence-corrected chi connectivity index (χ4v) is 4.55. The van der Waals surface area contributed by atoms with Crippen LogP contribution in [0.5, 0.6) is 0 Å². The molecule has 0 aromatic heterocycles. The molecular weight excluding hydrogens is 409 g/mol. The summed E-state index contributed by atoms with van der Waals surface area (Å²) in [6, 6.07) is 12.8. The van der Waals surface area contributed by atoms with Crippen LogP contribution in [0, 0.1) is 17.7 Å². The van der Waals surface area contributed by atoms with E-state index in [1.165, 1.54) is 23.1 Å². The van der Waals surface area contributed by atoms with Gasteiger partial charge in [-0.05, 0) is 50.0 Å². The molecule has 0 bridgehead atoms. The molecule has 0 saturated carbocycles. The van der Waals surface area contributed by atoms with Gasteiger partial charge in [0.15, 0.2) is 0 Å². The van der Waals surface area contributed by atoms with Crippen LogP contribution in [-0.4, -0.2) is 84.0 Å². The lowest BCUT2D eigenvalue weighted by Crippen LogP contribution is -2.73. The fourth-order valence-electron chi connectivity index (χ4n) is 4.55. The summed E-state index contributed by atoms with van der Waals surface area (Å²) >= 11 is 0. The minimum Gasteiger partial charge on any atom is -0.394 e. The molecule has 2 amide bonds. The number of carbonyl (C=O) groups is 2. The number of piperazine rings is 1. The molecule has 2 fully saturated rings. The molecule has 166 valence electrons. The van der Waals surface area contributed by atoms with Gasteiger partial charge in [0.25, 0.3) is 5.91 Å². The minimum absolute atomic E-state index is 0.0739. The van der Waals surface area contributed by atoms with Crippen LogP contribution in [0.15, 0.2) is 48.5 Å². The SMILES string of the molecule is CN(C)CC#Cc1ccc([C@@H]2[C@H]3CN(C(=O)c4cccc(F)c4)CC(=O)N3[C@H]2CO)cc1. The molecule has 1 N–H and O–H groups in total. The molecule has 0 unspecified atom stereocenters. The second kappa shape index (κ2) is 9.11. The highest BCUT2D eigenvalue weighted by molar-refractivity contribution is 5.97. The highest BCUT2D eigenvalue weighted by atomic mass is 19.1. The van der Waals surface area contributed by atoms with Gasteiger partial charge in [-0.15, -0.1) is 0 Å². The third-order valence-corrected chi connectivity index (χ3v) is 6.03. The molecule has 2 saturated heterocycles. The van der Waals surface area contributed by atoms with Crippen molar-refractivity contribution in [1.29, 1.82) is 0 Å². The summed E-state index contributed by atoms with van der Waals surface area (Å²) in [5, 5.41) is 9.94. The number of halogens is 1. The summed E-state index contributed by atoms with van der Waals surface area (Å²) in [7, 11) is 3.92. The fraction of sp³-hybridized carbons (Fsp3) is 0.360. The van der Waals surface area contributed by atoms with Gasteiger partial charge in [0.1, 0.15) is 12.4 Å². The van der Waals surface area contributed by atoms with Crippen LogP contribution in [0.2, 0.25) is 0 Å². The molecule has 2 aromatic carbocycles. The van der Waals surface area contributed by atoms with Gasteiger partial charge in [-0.3, -0.25) is 14.5 Å². The van der Waals surface area contributed by atoms with Crippen molar-refractivity contribution in [3.8, 4) is 11.8 Å². The van der Waals surface area contributed by atoms with Crippen molar-refractivity contribution in [3.05, 3.63) is 71.0 Å². The zero-order valence-corrected chi connectivity index (χ0v) is 18.2. The highest BCUT2D eigenvalue weighted by Gasteiger charge is 2.54. The number of rotatable bonds is 4. The van der Waals surface area contributed by atoms with Crippen LogP contribution in [-0.2, 0) is 4.79 Å². The van der Waals surface area contributed by atoms with Crippen LogP contribution in [0.3, 0.4) is 0 Å². The molecule has 2 aromatic rings. The van der Waals surface area contributed by atoms with Crippen molar-refractivity contribution in [1.82, 2.24) is 14.7 Å². The van der Waals surface area contributed by atoms with Crippen LogP contribution >= 0.6 is 0 Å². The maximum Gasteiger partial charge on any atom is 0.254 e. The van der Waals surface area contributed by atoms with Crippen molar-refractivity contribution in [2.45, 2.75) is 18.0 Å². The van der Waals surface area contributed by atoms with Crippen molar-refractivity contribution < 1.29 is 19.1 Å².